The summed E-state index contributed by atoms with van der Waals surface area (Å²) >= 11 is 1.21. The first kappa shape index (κ1) is 23.7. The number of nitrogens with one attached hydrogen (secondary N) is 1. The molecule has 0 atom stereocenters. The quantitative estimate of drug-likeness (QED) is 0.339. The van der Waals surface area contributed by atoms with Crippen molar-refractivity contribution in [3.05, 3.63) is 69.6 Å². The molecule has 0 saturated carbocycles. The van der Waals surface area contributed by atoms with E-state index in [4.69, 9.17) is 0 Å². The summed E-state index contributed by atoms with van der Waals surface area (Å²) in [5.41, 5.74) is 1.89. The van der Waals surface area contributed by atoms with Crippen LogP contribution in [0.2, 0.25) is 0 Å². The maximum atomic E-state index is 13.4. The van der Waals surface area contributed by atoms with E-state index in [1.54, 1.807) is 32.0 Å². The molecule has 4 rings (SSSR count). The van der Waals surface area contributed by atoms with Gasteiger partial charge in [-0.1, -0.05) is 25.1 Å². The molecular formula is C27H26N2O4S. The maximum absolute atomic E-state index is 13.4. The summed E-state index contributed by atoms with van der Waals surface area (Å²) < 4.78 is 0.644. The number of rotatable bonds is 6. The second-order valence-electron chi connectivity index (χ2n) is 8.83. The summed E-state index contributed by atoms with van der Waals surface area (Å²) in [6, 6.07) is 12.4. The van der Waals surface area contributed by atoms with E-state index in [1.807, 2.05) is 31.2 Å². The SMILES string of the molecule is CCc1c(C(=O)Nc2cc(C(C)(C)O)c3ccccc3n2)sc2c(C(C)=O)ccc(C(C)=O)c12. The van der Waals surface area contributed by atoms with Gasteiger partial charge < -0.3 is 10.4 Å². The number of hydrogen-bond donors (Lipinski definition) is 2. The molecular weight excluding hydrogens is 448 g/mol. The number of aryl methyl sites for hydroxylation is 1. The Morgan fingerprint density at radius 3 is 2.29 bits per heavy atom. The molecule has 0 bridgehead atoms. The van der Waals surface area contributed by atoms with Crippen LogP contribution in [0.15, 0.2) is 42.5 Å². The van der Waals surface area contributed by atoms with Crippen LogP contribution in [0.4, 0.5) is 5.82 Å². The van der Waals surface area contributed by atoms with Gasteiger partial charge in [-0.3, -0.25) is 14.4 Å². The molecule has 0 radical (unpaired) electrons. The minimum atomic E-state index is -1.14. The van der Waals surface area contributed by atoms with Gasteiger partial charge in [0.05, 0.1) is 16.0 Å². The third kappa shape index (κ3) is 4.13. The van der Waals surface area contributed by atoms with E-state index in [-0.39, 0.29) is 17.5 Å². The predicted octanol–water partition coefficient (Wildman–Crippen LogP) is 5.90. The van der Waals surface area contributed by atoms with Crippen molar-refractivity contribution in [3.63, 3.8) is 0 Å². The van der Waals surface area contributed by atoms with Gasteiger partial charge in [-0.15, -0.1) is 11.3 Å². The van der Waals surface area contributed by atoms with Crippen LogP contribution in [0.1, 0.15) is 76.1 Å². The molecule has 7 heteroatoms. The number of fused-ring (bicyclic) bond motifs is 2. The minimum absolute atomic E-state index is 0.120. The number of amides is 1. The lowest BCUT2D eigenvalue weighted by Crippen LogP contribution is -2.18. The van der Waals surface area contributed by atoms with Gasteiger partial charge in [0.25, 0.3) is 5.91 Å². The third-order valence-electron chi connectivity index (χ3n) is 5.87. The molecule has 6 nitrogen and oxygen atoms in total. The molecule has 0 fully saturated rings. The van der Waals surface area contributed by atoms with E-state index in [2.05, 4.69) is 10.3 Å². The molecule has 0 aliphatic heterocycles. The summed E-state index contributed by atoms with van der Waals surface area (Å²) in [5.74, 6) is -0.294. The van der Waals surface area contributed by atoms with Crippen LogP contribution >= 0.6 is 11.3 Å². The summed E-state index contributed by atoms with van der Waals surface area (Å²) in [6.45, 7) is 8.26. The Kier molecular flexibility index (Phi) is 6.10. The van der Waals surface area contributed by atoms with Crippen LogP contribution in [0.3, 0.4) is 0 Å². The zero-order chi connectivity index (χ0) is 24.8. The van der Waals surface area contributed by atoms with E-state index in [0.717, 1.165) is 10.9 Å². The number of Topliss-reactive ketones (excluding diaryl/α,β-unsaturated/α-hetero) is 2. The highest BCUT2D eigenvalue weighted by Gasteiger charge is 2.25. The Labute approximate surface area is 201 Å². The Morgan fingerprint density at radius 1 is 1.03 bits per heavy atom. The molecule has 1 amide bonds. The molecule has 0 spiro atoms. The summed E-state index contributed by atoms with van der Waals surface area (Å²) in [7, 11) is 0. The van der Waals surface area contributed by atoms with Crippen molar-refractivity contribution in [1.82, 2.24) is 4.98 Å². The number of anilines is 1. The number of benzene rings is 2. The fourth-order valence-corrected chi connectivity index (χ4v) is 5.65. The van der Waals surface area contributed by atoms with Crippen LogP contribution in [-0.4, -0.2) is 27.6 Å². The summed E-state index contributed by atoms with van der Waals surface area (Å²) in [6.07, 6.45) is 0.518. The number of hydrogen-bond acceptors (Lipinski definition) is 6. The molecule has 2 N–H and O–H groups in total. The standard InChI is InChI=1S/C27H26N2O4S/c1-6-16-23-17(14(2)30)11-12-18(15(3)31)24(23)34-25(16)26(32)29-22-13-20(27(4,5)33)19-9-7-8-10-21(19)28-22/h7-13,33H,6H2,1-5H3,(H,28,29,32). The molecule has 34 heavy (non-hydrogen) atoms. The molecule has 2 heterocycles. The highest BCUT2D eigenvalue weighted by molar-refractivity contribution is 7.21. The molecule has 2 aromatic carbocycles. The second kappa shape index (κ2) is 8.74. The van der Waals surface area contributed by atoms with Crippen molar-refractivity contribution >= 4 is 55.6 Å². The number of aromatic nitrogens is 1. The largest absolute Gasteiger partial charge is 0.386 e. The number of para-hydroxylation sites is 1. The summed E-state index contributed by atoms with van der Waals surface area (Å²) in [5, 5.41) is 15.1. The first-order chi connectivity index (χ1) is 16.0. The Bertz CT molecular complexity index is 1480. The van der Waals surface area contributed by atoms with Crippen molar-refractivity contribution in [1.29, 1.82) is 0 Å². The molecule has 0 unspecified atom stereocenters. The molecule has 4 aromatic rings. The number of thiophene rings is 1. The van der Waals surface area contributed by atoms with Crippen LogP contribution in [0.25, 0.3) is 21.0 Å². The van der Waals surface area contributed by atoms with Crippen LogP contribution < -0.4 is 5.32 Å². The predicted molar refractivity (Wildman–Crippen MR) is 136 cm³/mol. The van der Waals surface area contributed by atoms with Crippen LogP contribution in [0, 0.1) is 0 Å². The fourth-order valence-electron chi connectivity index (χ4n) is 4.28. The van der Waals surface area contributed by atoms with Gasteiger partial charge in [-0.2, -0.15) is 0 Å². The highest BCUT2D eigenvalue weighted by Crippen LogP contribution is 2.38. The summed E-state index contributed by atoms with van der Waals surface area (Å²) in [4.78, 5) is 43.0. The van der Waals surface area contributed by atoms with Gasteiger partial charge in [0, 0.05) is 26.6 Å². The topological polar surface area (TPSA) is 96.4 Å². The number of nitrogens with zero attached hydrogens (tertiary/aromatic N) is 1. The second-order valence-corrected chi connectivity index (χ2v) is 9.85. The van der Waals surface area contributed by atoms with Gasteiger partial charge in [0.2, 0.25) is 0 Å². The zero-order valence-corrected chi connectivity index (χ0v) is 20.6. The van der Waals surface area contributed by atoms with E-state index in [1.165, 1.54) is 25.2 Å². The van der Waals surface area contributed by atoms with E-state index in [9.17, 15) is 19.5 Å². The molecule has 0 aliphatic carbocycles. The van der Waals surface area contributed by atoms with Gasteiger partial charge in [0.15, 0.2) is 11.6 Å². The number of carbonyl (C=O) groups excluding carboxylic acids is 3. The van der Waals surface area contributed by atoms with Gasteiger partial charge in [-0.25, -0.2) is 4.98 Å². The lowest BCUT2D eigenvalue weighted by atomic mass is 9.94. The average Bonchev–Trinajstić information content (AvgIpc) is 3.16. The van der Waals surface area contributed by atoms with Crippen molar-refractivity contribution in [2.24, 2.45) is 0 Å². The van der Waals surface area contributed by atoms with Gasteiger partial charge in [0.1, 0.15) is 5.82 Å². The number of pyridine rings is 1. The molecule has 2 aromatic heterocycles. The van der Waals surface area contributed by atoms with E-state index < -0.39 is 5.60 Å². The van der Waals surface area contributed by atoms with Crippen LogP contribution in [0.5, 0.6) is 0 Å². The fraction of sp³-hybridized carbons (Fsp3) is 0.259. The van der Waals surface area contributed by atoms with Crippen LogP contribution in [-0.2, 0) is 12.0 Å². The first-order valence-corrected chi connectivity index (χ1v) is 11.9. The number of carbonyl (C=O) groups is 3. The lowest BCUT2D eigenvalue weighted by molar-refractivity contribution is 0.0801. The molecule has 174 valence electrons. The molecule has 0 aliphatic rings. The first-order valence-electron chi connectivity index (χ1n) is 11.1. The minimum Gasteiger partial charge on any atom is -0.386 e. The van der Waals surface area contributed by atoms with E-state index >= 15 is 0 Å². The van der Waals surface area contributed by atoms with E-state index in [0.29, 0.717) is 49.4 Å². The van der Waals surface area contributed by atoms with Gasteiger partial charge in [-0.05, 0) is 69.5 Å². The Morgan fingerprint density at radius 2 is 1.68 bits per heavy atom. The van der Waals surface area contributed by atoms with Gasteiger partial charge >= 0.3 is 0 Å². The molecule has 0 saturated heterocycles. The normalized spacial score (nSPS) is 11.7. The monoisotopic (exact) mass is 474 g/mol. The smallest absolute Gasteiger partial charge is 0.267 e. The van der Waals surface area contributed by atoms with Crippen molar-refractivity contribution < 1.29 is 19.5 Å². The lowest BCUT2D eigenvalue weighted by Gasteiger charge is -2.21. The zero-order valence-electron chi connectivity index (χ0n) is 19.8. The number of ketones is 2. The Hall–Kier alpha value is -3.42. The average molecular weight is 475 g/mol. The third-order valence-corrected chi connectivity index (χ3v) is 7.14. The maximum Gasteiger partial charge on any atom is 0.267 e. The van der Waals surface area contributed by atoms with Crippen molar-refractivity contribution in [3.8, 4) is 0 Å². The Balaban J connectivity index is 1.87. The van der Waals surface area contributed by atoms with Crippen molar-refractivity contribution in [2.45, 2.75) is 46.6 Å². The number of aliphatic hydroxyl groups is 1. The highest BCUT2D eigenvalue weighted by atomic mass is 32.1. The van der Waals surface area contributed by atoms with Crippen molar-refractivity contribution in [2.75, 3.05) is 5.32 Å².